The maximum atomic E-state index is 12.4. The molecule has 0 saturated carbocycles. The highest BCUT2D eigenvalue weighted by molar-refractivity contribution is 7.13. The molecule has 2 aromatic rings. The molecule has 0 unspecified atom stereocenters. The lowest BCUT2D eigenvalue weighted by atomic mass is 10.0. The van der Waals surface area contributed by atoms with E-state index in [1.54, 1.807) is 23.6 Å². The number of thiazole rings is 1. The van der Waals surface area contributed by atoms with E-state index in [9.17, 15) is 14.7 Å². The molecule has 1 aromatic carbocycles. The number of rotatable bonds is 4. The van der Waals surface area contributed by atoms with Crippen molar-refractivity contribution in [1.82, 2.24) is 9.88 Å². The monoisotopic (exact) mass is 338 g/mol. The number of benzene rings is 1. The van der Waals surface area contributed by atoms with Gasteiger partial charge in [0.2, 0.25) is 0 Å². The van der Waals surface area contributed by atoms with E-state index >= 15 is 0 Å². The van der Waals surface area contributed by atoms with Crippen LogP contribution in [0.15, 0.2) is 29.6 Å². The average molecular weight is 339 g/mol. The van der Waals surface area contributed by atoms with Crippen molar-refractivity contribution in [3.63, 3.8) is 0 Å². The van der Waals surface area contributed by atoms with Gasteiger partial charge in [-0.15, -0.1) is 11.3 Å². The SMILES string of the molecule is CN(C(=O)c1csc(-c2cccc(Cl)c2)n1)C(C)(C)C(=O)O. The molecule has 116 valence electrons. The number of hydrogen-bond acceptors (Lipinski definition) is 4. The van der Waals surface area contributed by atoms with E-state index < -0.39 is 17.4 Å². The minimum Gasteiger partial charge on any atom is -0.480 e. The summed E-state index contributed by atoms with van der Waals surface area (Å²) >= 11 is 7.26. The lowest BCUT2D eigenvalue weighted by Crippen LogP contribution is -2.50. The lowest BCUT2D eigenvalue weighted by molar-refractivity contribution is -0.147. The molecule has 0 radical (unpaired) electrons. The fourth-order valence-corrected chi connectivity index (χ4v) is 2.68. The zero-order chi connectivity index (χ0) is 16.5. The number of carbonyl (C=O) groups excluding carboxylic acids is 1. The number of carboxylic acids is 1. The predicted octanol–water partition coefficient (Wildman–Crippen LogP) is 3.40. The second-order valence-electron chi connectivity index (χ2n) is 5.28. The van der Waals surface area contributed by atoms with Crippen molar-refractivity contribution in [1.29, 1.82) is 0 Å². The van der Waals surface area contributed by atoms with Crippen molar-refractivity contribution in [3.8, 4) is 10.6 Å². The topological polar surface area (TPSA) is 70.5 Å². The van der Waals surface area contributed by atoms with Crippen LogP contribution in [0, 0.1) is 0 Å². The van der Waals surface area contributed by atoms with Crippen molar-refractivity contribution in [3.05, 3.63) is 40.4 Å². The minimum atomic E-state index is -1.31. The molecule has 22 heavy (non-hydrogen) atoms. The molecular weight excluding hydrogens is 324 g/mol. The Balaban J connectivity index is 2.28. The summed E-state index contributed by atoms with van der Waals surface area (Å²) in [6, 6.07) is 7.18. The van der Waals surface area contributed by atoms with Crippen LogP contribution >= 0.6 is 22.9 Å². The van der Waals surface area contributed by atoms with Crippen LogP contribution in [0.1, 0.15) is 24.3 Å². The number of halogens is 1. The summed E-state index contributed by atoms with van der Waals surface area (Å²) in [5.74, 6) is -1.51. The van der Waals surface area contributed by atoms with Crippen LogP contribution in [0.2, 0.25) is 5.02 Å². The van der Waals surface area contributed by atoms with Gasteiger partial charge in [-0.25, -0.2) is 9.78 Å². The van der Waals surface area contributed by atoms with E-state index in [2.05, 4.69) is 4.98 Å². The maximum absolute atomic E-state index is 12.4. The molecule has 0 saturated heterocycles. The Morgan fingerprint density at radius 1 is 1.36 bits per heavy atom. The van der Waals surface area contributed by atoms with E-state index in [1.165, 1.54) is 37.1 Å². The number of carboxylic acid groups (broad SMARTS) is 1. The number of nitrogens with zero attached hydrogens (tertiary/aromatic N) is 2. The average Bonchev–Trinajstić information content (AvgIpc) is 2.95. The summed E-state index contributed by atoms with van der Waals surface area (Å²) in [4.78, 5) is 29.1. The molecule has 0 atom stereocenters. The van der Waals surface area contributed by atoms with Crippen LogP contribution < -0.4 is 0 Å². The van der Waals surface area contributed by atoms with Gasteiger partial charge in [0.05, 0.1) is 0 Å². The third-order valence-corrected chi connectivity index (χ3v) is 4.59. The summed E-state index contributed by atoms with van der Waals surface area (Å²) in [5, 5.41) is 12.1. The van der Waals surface area contributed by atoms with E-state index in [1.807, 2.05) is 6.07 Å². The summed E-state index contributed by atoms with van der Waals surface area (Å²) in [5.41, 5.74) is -0.273. The highest BCUT2D eigenvalue weighted by Gasteiger charge is 2.36. The van der Waals surface area contributed by atoms with E-state index in [-0.39, 0.29) is 5.69 Å². The summed E-state index contributed by atoms with van der Waals surface area (Å²) in [6.45, 7) is 2.94. The van der Waals surface area contributed by atoms with Crippen LogP contribution in [0.4, 0.5) is 0 Å². The molecule has 0 fully saturated rings. The number of aliphatic carboxylic acids is 1. The molecule has 7 heteroatoms. The molecule has 0 aliphatic carbocycles. The number of amides is 1. The van der Waals surface area contributed by atoms with Gasteiger partial charge in [-0.2, -0.15) is 0 Å². The fourth-order valence-electron chi connectivity index (χ4n) is 1.70. The van der Waals surface area contributed by atoms with Gasteiger partial charge in [0.15, 0.2) is 0 Å². The van der Waals surface area contributed by atoms with Crippen LogP contribution in [-0.2, 0) is 4.79 Å². The first-order chi connectivity index (χ1) is 10.2. The minimum absolute atomic E-state index is 0.219. The first kappa shape index (κ1) is 16.5. The van der Waals surface area contributed by atoms with Crippen molar-refractivity contribution < 1.29 is 14.7 Å². The Bertz CT molecular complexity index is 727. The van der Waals surface area contributed by atoms with Crippen molar-refractivity contribution >= 4 is 34.8 Å². The molecule has 1 aromatic heterocycles. The largest absolute Gasteiger partial charge is 0.480 e. The lowest BCUT2D eigenvalue weighted by Gasteiger charge is -2.30. The smallest absolute Gasteiger partial charge is 0.329 e. The van der Waals surface area contributed by atoms with E-state index in [4.69, 9.17) is 11.6 Å². The molecule has 2 rings (SSSR count). The molecule has 0 spiro atoms. The van der Waals surface area contributed by atoms with Crippen LogP contribution in [-0.4, -0.2) is 39.5 Å². The van der Waals surface area contributed by atoms with Gasteiger partial charge < -0.3 is 10.0 Å². The predicted molar refractivity (Wildman–Crippen MR) is 86.4 cm³/mol. The fraction of sp³-hybridized carbons (Fsp3) is 0.267. The Hall–Kier alpha value is -1.92. The molecule has 1 amide bonds. The van der Waals surface area contributed by atoms with Crippen molar-refractivity contribution in [2.75, 3.05) is 7.05 Å². The summed E-state index contributed by atoms with van der Waals surface area (Å²) in [6.07, 6.45) is 0. The zero-order valence-corrected chi connectivity index (χ0v) is 13.9. The second-order valence-corrected chi connectivity index (χ2v) is 6.57. The molecular formula is C15H15ClN2O3S. The first-order valence-electron chi connectivity index (χ1n) is 6.46. The third kappa shape index (κ3) is 3.13. The molecule has 0 bridgehead atoms. The van der Waals surface area contributed by atoms with Crippen LogP contribution in [0.3, 0.4) is 0 Å². The Morgan fingerprint density at radius 3 is 2.64 bits per heavy atom. The summed E-state index contributed by atoms with van der Waals surface area (Å²) < 4.78 is 0. The van der Waals surface area contributed by atoms with Crippen molar-refractivity contribution in [2.24, 2.45) is 0 Å². The molecule has 0 aliphatic rings. The van der Waals surface area contributed by atoms with Gasteiger partial charge in [-0.1, -0.05) is 23.7 Å². The molecule has 0 aliphatic heterocycles. The Morgan fingerprint density at radius 2 is 2.05 bits per heavy atom. The van der Waals surface area contributed by atoms with Crippen LogP contribution in [0.25, 0.3) is 10.6 Å². The standard InChI is InChI=1S/C15H15ClN2O3S/c1-15(2,14(20)21)18(3)13(19)11-8-22-12(17-11)9-5-4-6-10(16)7-9/h4-8H,1-3H3,(H,20,21). The highest BCUT2D eigenvalue weighted by Crippen LogP contribution is 2.27. The van der Waals surface area contributed by atoms with Gasteiger partial charge in [0.25, 0.3) is 5.91 Å². The Kier molecular flexibility index (Phi) is 4.53. The molecule has 5 nitrogen and oxygen atoms in total. The first-order valence-corrected chi connectivity index (χ1v) is 7.72. The van der Waals surface area contributed by atoms with Gasteiger partial charge in [0.1, 0.15) is 16.2 Å². The second kappa shape index (κ2) is 6.06. The number of aromatic nitrogens is 1. The van der Waals surface area contributed by atoms with Gasteiger partial charge in [-0.3, -0.25) is 4.79 Å². The number of likely N-dealkylation sites (N-methyl/N-ethyl adjacent to an activating group) is 1. The normalized spacial score (nSPS) is 11.3. The molecule has 1 heterocycles. The molecule has 1 N–H and O–H groups in total. The van der Waals surface area contributed by atoms with E-state index in [0.717, 1.165) is 5.56 Å². The zero-order valence-electron chi connectivity index (χ0n) is 12.3. The third-order valence-electron chi connectivity index (χ3n) is 3.46. The van der Waals surface area contributed by atoms with Gasteiger partial charge in [-0.05, 0) is 26.0 Å². The van der Waals surface area contributed by atoms with Gasteiger partial charge in [0, 0.05) is 23.0 Å². The number of carbonyl (C=O) groups is 2. The summed E-state index contributed by atoms with van der Waals surface area (Å²) in [7, 11) is 1.45. The van der Waals surface area contributed by atoms with Crippen LogP contribution in [0.5, 0.6) is 0 Å². The Labute approximate surface area is 137 Å². The van der Waals surface area contributed by atoms with E-state index in [0.29, 0.717) is 10.0 Å². The van der Waals surface area contributed by atoms with Crippen molar-refractivity contribution in [2.45, 2.75) is 19.4 Å². The highest BCUT2D eigenvalue weighted by atomic mass is 35.5. The number of hydrogen-bond donors (Lipinski definition) is 1. The maximum Gasteiger partial charge on any atom is 0.329 e. The quantitative estimate of drug-likeness (QED) is 0.927. The van der Waals surface area contributed by atoms with Gasteiger partial charge >= 0.3 is 5.97 Å².